The zero-order valence-electron chi connectivity index (χ0n) is 24.4. The normalized spacial score (nSPS) is 21.0. The van der Waals surface area contributed by atoms with Crippen LogP contribution in [0.15, 0.2) is 36.4 Å². The van der Waals surface area contributed by atoms with E-state index in [0.717, 1.165) is 32.1 Å². The van der Waals surface area contributed by atoms with Crippen LogP contribution in [0.25, 0.3) is 0 Å². The van der Waals surface area contributed by atoms with Gasteiger partial charge >= 0.3 is 6.03 Å². The molecule has 0 unspecified atom stereocenters. The highest BCUT2D eigenvalue weighted by Crippen LogP contribution is 2.35. The summed E-state index contributed by atoms with van der Waals surface area (Å²) in [7, 11) is 1.68. The van der Waals surface area contributed by atoms with Gasteiger partial charge in [0.1, 0.15) is 11.9 Å². The quantitative estimate of drug-likeness (QED) is 0.445. The van der Waals surface area contributed by atoms with E-state index in [1.165, 1.54) is 4.90 Å². The van der Waals surface area contributed by atoms with E-state index in [1.54, 1.807) is 55.3 Å². The molecule has 1 saturated carbocycles. The predicted molar refractivity (Wildman–Crippen MR) is 157 cm³/mol. The van der Waals surface area contributed by atoms with Crippen LogP contribution in [0.2, 0.25) is 0 Å². The topological polar surface area (TPSA) is 130 Å². The minimum atomic E-state index is -0.458. The fraction of sp³-hybridized carbons (Fsp3) is 0.516. The predicted octanol–water partition coefficient (Wildman–Crippen LogP) is 4.32. The summed E-state index contributed by atoms with van der Waals surface area (Å²) in [5, 5.41) is 15.8. The van der Waals surface area contributed by atoms with Gasteiger partial charge in [-0.3, -0.25) is 9.59 Å². The molecule has 2 heterocycles. The van der Waals surface area contributed by atoms with Gasteiger partial charge in [0.25, 0.3) is 5.91 Å². The Morgan fingerprint density at radius 1 is 1.02 bits per heavy atom. The van der Waals surface area contributed by atoms with Crippen LogP contribution in [0.5, 0.6) is 17.2 Å². The number of urea groups is 1. The summed E-state index contributed by atoms with van der Waals surface area (Å²) in [5.74, 6) is 1.07. The van der Waals surface area contributed by atoms with Gasteiger partial charge in [-0.05, 0) is 50.1 Å². The Hall–Kier alpha value is -3.99. The van der Waals surface area contributed by atoms with Gasteiger partial charge in [0, 0.05) is 42.9 Å². The zero-order valence-corrected chi connectivity index (χ0v) is 24.4. The van der Waals surface area contributed by atoms with E-state index in [9.17, 15) is 19.5 Å². The van der Waals surface area contributed by atoms with E-state index < -0.39 is 12.1 Å². The molecule has 1 fully saturated rings. The van der Waals surface area contributed by atoms with Crippen LogP contribution >= 0.6 is 0 Å². The Kier molecular flexibility index (Phi) is 9.06. The first-order valence-electron chi connectivity index (χ1n) is 14.7. The highest BCUT2D eigenvalue weighted by Gasteiger charge is 2.34. The molecule has 0 bridgehead atoms. The molecule has 3 atom stereocenters. The third kappa shape index (κ3) is 6.56. The molecule has 11 heteroatoms. The maximum atomic E-state index is 13.7. The number of amides is 4. The molecule has 0 spiro atoms. The van der Waals surface area contributed by atoms with Gasteiger partial charge in [0.05, 0.1) is 24.8 Å². The molecule has 2 aliphatic heterocycles. The summed E-state index contributed by atoms with van der Waals surface area (Å²) in [5.41, 5.74) is 1.41. The highest BCUT2D eigenvalue weighted by atomic mass is 16.7. The molecule has 2 aromatic carbocycles. The lowest BCUT2D eigenvalue weighted by atomic mass is 9.88. The smallest absolute Gasteiger partial charge is 0.321 e. The second kappa shape index (κ2) is 12.9. The number of carbonyl (C=O) groups excluding carboxylic acids is 3. The van der Waals surface area contributed by atoms with E-state index >= 15 is 0 Å². The number of nitrogens with one attached hydrogen (secondary N) is 2. The lowest BCUT2D eigenvalue weighted by molar-refractivity contribution is -0.120. The molecule has 0 aromatic heterocycles. The van der Waals surface area contributed by atoms with Gasteiger partial charge < -0.3 is 39.8 Å². The van der Waals surface area contributed by atoms with Crippen molar-refractivity contribution in [3.8, 4) is 17.2 Å². The van der Waals surface area contributed by atoms with Crippen molar-refractivity contribution in [3.05, 3.63) is 42.0 Å². The lowest BCUT2D eigenvalue weighted by Crippen LogP contribution is -2.50. The molecule has 4 amide bonds. The van der Waals surface area contributed by atoms with Crippen LogP contribution in [0.4, 0.5) is 16.2 Å². The molecule has 11 nitrogen and oxygen atoms in total. The Labute approximate surface area is 246 Å². The van der Waals surface area contributed by atoms with Gasteiger partial charge in [-0.15, -0.1) is 0 Å². The van der Waals surface area contributed by atoms with Crippen LogP contribution in [-0.4, -0.2) is 78.4 Å². The first kappa shape index (κ1) is 29.5. The summed E-state index contributed by atoms with van der Waals surface area (Å²) in [4.78, 5) is 42.9. The largest absolute Gasteiger partial charge is 0.487 e. The van der Waals surface area contributed by atoms with Gasteiger partial charge in [0.15, 0.2) is 11.5 Å². The minimum absolute atomic E-state index is 0.0248. The number of carbonyl (C=O) groups is 3. The van der Waals surface area contributed by atoms with Gasteiger partial charge in [-0.2, -0.15) is 0 Å². The number of fused-ring (bicyclic) bond motifs is 2. The van der Waals surface area contributed by atoms with Crippen LogP contribution in [-0.2, 0) is 4.79 Å². The van der Waals surface area contributed by atoms with E-state index in [-0.39, 0.29) is 49.6 Å². The molecule has 0 radical (unpaired) electrons. The SMILES string of the molecule is C[C@@H]1CN([C@@H](C)CO)C(=O)c2cc(NC(=O)C3CCCCC3)ccc2O[C@H]1CN(C)C(=O)Nc1ccc2c(c1)OCO2. The summed E-state index contributed by atoms with van der Waals surface area (Å²) in [6.45, 7) is 4.26. The van der Waals surface area contributed by atoms with Gasteiger partial charge in [-0.25, -0.2) is 4.79 Å². The number of ether oxygens (including phenoxy) is 3. The molecule has 3 N–H and O–H groups in total. The third-order valence-corrected chi connectivity index (χ3v) is 8.33. The van der Waals surface area contributed by atoms with E-state index in [0.29, 0.717) is 40.7 Å². The van der Waals surface area contributed by atoms with E-state index in [1.807, 2.05) is 6.92 Å². The number of rotatable bonds is 7. The van der Waals surface area contributed by atoms with Crippen molar-refractivity contribution in [2.24, 2.45) is 11.8 Å². The van der Waals surface area contributed by atoms with Crippen molar-refractivity contribution < 1.29 is 33.7 Å². The molecule has 0 saturated heterocycles. The standard InChI is InChI=1S/C31H40N4O7/c1-19-15-35(20(2)17-36)30(38)24-13-22(32-29(37)21-7-5-4-6-8-21)9-11-25(24)42-28(19)16-34(3)31(39)33-23-10-12-26-27(14-23)41-18-40-26/h9-14,19-21,28,36H,4-8,15-18H2,1-3H3,(H,32,37)(H,33,39)/t19-,20+,28+/m1/s1. The Morgan fingerprint density at radius 2 is 1.71 bits per heavy atom. The Morgan fingerprint density at radius 3 is 2.45 bits per heavy atom. The number of hydrogen-bond donors (Lipinski definition) is 3. The molecular weight excluding hydrogens is 540 g/mol. The zero-order chi connectivity index (χ0) is 29.8. The fourth-order valence-electron chi connectivity index (χ4n) is 5.67. The number of hydrogen-bond acceptors (Lipinski definition) is 7. The van der Waals surface area contributed by atoms with Gasteiger partial charge in [-0.1, -0.05) is 26.2 Å². The summed E-state index contributed by atoms with van der Waals surface area (Å²) < 4.78 is 17.1. The number of nitrogens with zero attached hydrogens (tertiary/aromatic N) is 2. The third-order valence-electron chi connectivity index (χ3n) is 8.33. The van der Waals surface area contributed by atoms with Crippen molar-refractivity contribution in [1.82, 2.24) is 9.80 Å². The van der Waals surface area contributed by atoms with E-state index in [4.69, 9.17) is 14.2 Å². The lowest BCUT2D eigenvalue weighted by Gasteiger charge is -2.38. The fourth-order valence-corrected chi connectivity index (χ4v) is 5.67. The van der Waals surface area contributed by atoms with Crippen molar-refractivity contribution in [3.63, 3.8) is 0 Å². The number of aliphatic hydroxyl groups is 1. The second-order valence-corrected chi connectivity index (χ2v) is 11.5. The molecular formula is C31H40N4O7. The number of benzene rings is 2. The first-order valence-corrected chi connectivity index (χ1v) is 14.7. The van der Waals surface area contributed by atoms with Crippen LogP contribution in [0.3, 0.4) is 0 Å². The monoisotopic (exact) mass is 580 g/mol. The molecule has 5 rings (SSSR count). The second-order valence-electron chi connectivity index (χ2n) is 11.5. The Bertz CT molecular complexity index is 1310. The highest BCUT2D eigenvalue weighted by molar-refractivity contribution is 6.00. The van der Waals surface area contributed by atoms with Crippen LogP contribution < -0.4 is 24.8 Å². The minimum Gasteiger partial charge on any atom is -0.487 e. The maximum Gasteiger partial charge on any atom is 0.321 e. The molecule has 1 aliphatic carbocycles. The molecule has 226 valence electrons. The number of aliphatic hydroxyl groups excluding tert-OH is 1. The molecule has 42 heavy (non-hydrogen) atoms. The Balaban J connectivity index is 1.33. The van der Waals surface area contributed by atoms with Crippen molar-refractivity contribution in [2.45, 2.75) is 58.1 Å². The number of anilines is 2. The van der Waals surface area contributed by atoms with Crippen molar-refractivity contribution in [1.29, 1.82) is 0 Å². The average Bonchev–Trinajstić information content (AvgIpc) is 3.47. The first-order chi connectivity index (χ1) is 20.2. The summed E-state index contributed by atoms with van der Waals surface area (Å²) in [6.07, 6.45) is 4.53. The van der Waals surface area contributed by atoms with E-state index in [2.05, 4.69) is 10.6 Å². The van der Waals surface area contributed by atoms with Gasteiger partial charge in [0.2, 0.25) is 12.7 Å². The number of likely N-dealkylation sites (N-methyl/N-ethyl adjacent to an activating group) is 1. The molecule has 2 aromatic rings. The van der Waals surface area contributed by atoms with Crippen molar-refractivity contribution >= 4 is 29.2 Å². The van der Waals surface area contributed by atoms with Crippen LogP contribution in [0.1, 0.15) is 56.3 Å². The average molecular weight is 581 g/mol. The molecule has 3 aliphatic rings. The summed E-state index contributed by atoms with van der Waals surface area (Å²) in [6, 6.07) is 9.53. The van der Waals surface area contributed by atoms with Crippen LogP contribution in [0, 0.1) is 11.8 Å². The summed E-state index contributed by atoms with van der Waals surface area (Å²) >= 11 is 0. The maximum absolute atomic E-state index is 13.7. The van der Waals surface area contributed by atoms with Crippen molar-refractivity contribution in [2.75, 3.05) is 44.2 Å².